The Kier molecular flexibility index (Phi) is 5.93. The molecule has 4 rings (SSSR count). The second-order valence-corrected chi connectivity index (χ2v) is 8.33. The number of amides is 2. The van der Waals surface area contributed by atoms with E-state index < -0.39 is 0 Å². The number of thioether (sulfide) groups is 1. The summed E-state index contributed by atoms with van der Waals surface area (Å²) >= 11 is 7.57. The van der Waals surface area contributed by atoms with Crippen molar-refractivity contribution in [1.82, 2.24) is 5.32 Å². The molecule has 0 bridgehead atoms. The molecule has 1 heterocycles. The molecule has 1 aliphatic rings. The number of fused-ring (bicyclic) bond motifs is 1. The van der Waals surface area contributed by atoms with Crippen LogP contribution in [0, 0.1) is 0 Å². The van der Waals surface area contributed by atoms with E-state index in [1.807, 2.05) is 60.7 Å². The minimum Gasteiger partial charge on any atom is -0.348 e. The maximum atomic E-state index is 12.8. The molecule has 0 fully saturated rings. The van der Waals surface area contributed by atoms with Crippen molar-refractivity contribution in [3.63, 3.8) is 0 Å². The third-order valence-corrected chi connectivity index (χ3v) is 6.26. The molecule has 0 aliphatic carbocycles. The molecule has 1 aliphatic heterocycles. The van der Waals surface area contributed by atoms with E-state index in [0.717, 1.165) is 21.7 Å². The number of halogens is 1. The molecule has 0 spiro atoms. The summed E-state index contributed by atoms with van der Waals surface area (Å²) in [6, 6.07) is 22.5. The minimum absolute atomic E-state index is 0.0926. The molecule has 2 amide bonds. The van der Waals surface area contributed by atoms with Gasteiger partial charge in [0.15, 0.2) is 0 Å². The number of rotatable bonds is 4. The van der Waals surface area contributed by atoms with E-state index >= 15 is 0 Å². The Morgan fingerprint density at radius 2 is 1.80 bits per heavy atom. The van der Waals surface area contributed by atoms with E-state index in [1.54, 1.807) is 30.1 Å². The van der Waals surface area contributed by atoms with Crippen LogP contribution in [-0.2, 0) is 11.3 Å². The molecule has 1 N–H and O–H groups in total. The molecule has 150 valence electrons. The summed E-state index contributed by atoms with van der Waals surface area (Å²) in [5.74, 6) is -0.306. The first-order chi connectivity index (χ1) is 14.5. The number of hydrogen-bond acceptors (Lipinski definition) is 3. The number of nitrogens with one attached hydrogen (secondary N) is 1. The quantitative estimate of drug-likeness (QED) is 0.561. The summed E-state index contributed by atoms with van der Waals surface area (Å²) in [5, 5.41) is 3.50. The second-order valence-electron chi connectivity index (χ2n) is 6.84. The van der Waals surface area contributed by atoms with E-state index in [0.29, 0.717) is 22.0 Å². The average molecular weight is 435 g/mol. The number of likely N-dealkylation sites (N-methyl/N-ethyl adjacent to an activating group) is 1. The van der Waals surface area contributed by atoms with E-state index in [9.17, 15) is 9.59 Å². The average Bonchev–Trinajstić information content (AvgIpc) is 2.77. The van der Waals surface area contributed by atoms with E-state index in [2.05, 4.69) is 5.32 Å². The Hall–Kier alpha value is -3.02. The monoisotopic (exact) mass is 434 g/mol. The molecule has 3 aromatic rings. The molecule has 0 saturated carbocycles. The Morgan fingerprint density at radius 3 is 2.57 bits per heavy atom. The third kappa shape index (κ3) is 4.27. The van der Waals surface area contributed by atoms with Crippen molar-refractivity contribution in [1.29, 1.82) is 0 Å². The van der Waals surface area contributed by atoms with Crippen LogP contribution in [-0.4, -0.2) is 18.9 Å². The standard InChI is InChI=1S/C24H19ClN2O2S/c1-27-20-14-17(23(28)26-15-18-9-5-6-10-19(18)25)11-12-21(20)30-22(24(27)29)13-16-7-3-2-4-8-16/h2-14H,15H2,1H3,(H,26,28)/b22-13+. The molecule has 0 saturated heterocycles. The molecular weight excluding hydrogens is 416 g/mol. The van der Waals surface area contributed by atoms with Crippen LogP contribution in [0.15, 0.2) is 82.6 Å². The van der Waals surface area contributed by atoms with Gasteiger partial charge >= 0.3 is 0 Å². The van der Waals surface area contributed by atoms with Gasteiger partial charge in [-0.15, -0.1) is 0 Å². The summed E-state index contributed by atoms with van der Waals surface area (Å²) in [7, 11) is 1.73. The van der Waals surface area contributed by atoms with Crippen LogP contribution in [0.3, 0.4) is 0 Å². The fourth-order valence-corrected chi connectivity index (χ4v) is 4.45. The molecule has 4 nitrogen and oxygen atoms in total. The van der Waals surface area contributed by atoms with Gasteiger partial charge in [0.05, 0.1) is 10.6 Å². The highest BCUT2D eigenvalue weighted by atomic mass is 35.5. The molecule has 0 atom stereocenters. The molecule has 0 aromatic heterocycles. The van der Waals surface area contributed by atoms with Crippen LogP contribution in [0.25, 0.3) is 6.08 Å². The van der Waals surface area contributed by atoms with Gasteiger partial charge < -0.3 is 10.2 Å². The number of anilines is 1. The van der Waals surface area contributed by atoms with E-state index in [-0.39, 0.29) is 11.8 Å². The first-order valence-corrected chi connectivity index (χ1v) is 10.6. The number of hydrogen-bond donors (Lipinski definition) is 1. The van der Waals surface area contributed by atoms with E-state index in [4.69, 9.17) is 11.6 Å². The van der Waals surface area contributed by atoms with Crippen molar-refractivity contribution >= 4 is 46.9 Å². The van der Waals surface area contributed by atoms with Crippen molar-refractivity contribution in [2.45, 2.75) is 11.4 Å². The highest BCUT2D eigenvalue weighted by Crippen LogP contribution is 2.42. The summed E-state index contributed by atoms with van der Waals surface area (Å²) in [6.45, 7) is 0.336. The van der Waals surface area contributed by atoms with Crippen molar-refractivity contribution in [3.05, 3.63) is 99.4 Å². The first-order valence-electron chi connectivity index (χ1n) is 9.41. The van der Waals surface area contributed by atoms with Crippen LogP contribution < -0.4 is 10.2 Å². The van der Waals surface area contributed by atoms with Gasteiger partial charge in [0.25, 0.3) is 11.8 Å². The topological polar surface area (TPSA) is 49.4 Å². The number of nitrogens with zero attached hydrogens (tertiary/aromatic N) is 1. The summed E-state index contributed by atoms with van der Waals surface area (Å²) < 4.78 is 0. The number of benzene rings is 3. The number of carbonyl (C=O) groups is 2. The largest absolute Gasteiger partial charge is 0.348 e. The van der Waals surface area contributed by atoms with Gasteiger partial charge in [-0.1, -0.05) is 71.9 Å². The second kappa shape index (κ2) is 8.78. The summed E-state index contributed by atoms with van der Waals surface area (Å²) in [5.41, 5.74) is 3.04. The molecule has 30 heavy (non-hydrogen) atoms. The van der Waals surface area contributed by atoms with Crippen molar-refractivity contribution in [2.75, 3.05) is 11.9 Å². The maximum Gasteiger partial charge on any atom is 0.264 e. The smallest absolute Gasteiger partial charge is 0.264 e. The van der Waals surface area contributed by atoms with Gasteiger partial charge in [0.2, 0.25) is 0 Å². The summed E-state index contributed by atoms with van der Waals surface area (Å²) in [4.78, 5) is 28.6. The van der Waals surface area contributed by atoms with Crippen LogP contribution in [0.1, 0.15) is 21.5 Å². The normalized spacial score (nSPS) is 14.5. The lowest BCUT2D eigenvalue weighted by molar-refractivity contribution is -0.114. The fraction of sp³-hybridized carbons (Fsp3) is 0.0833. The van der Waals surface area contributed by atoms with Gasteiger partial charge in [-0.2, -0.15) is 0 Å². The van der Waals surface area contributed by atoms with Gasteiger partial charge in [-0.25, -0.2) is 0 Å². The highest BCUT2D eigenvalue weighted by Gasteiger charge is 2.27. The SMILES string of the molecule is CN1C(=O)/C(=C\c2ccccc2)Sc2ccc(C(=O)NCc3ccccc3Cl)cc21. The molecule has 0 unspecified atom stereocenters. The lowest BCUT2D eigenvalue weighted by Crippen LogP contribution is -2.31. The van der Waals surface area contributed by atoms with Crippen molar-refractivity contribution < 1.29 is 9.59 Å². The van der Waals surface area contributed by atoms with Gasteiger partial charge in [0.1, 0.15) is 0 Å². The predicted molar refractivity (Wildman–Crippen MR) is 123 cm³/mol. The van der Waals surface area contributed by atoms with E-state index in [1.165, 1.54) is 11.8 Å². The summed E-state index contributed by atoms with van der Waals surface area (Å²) in [6.07, 6.45) is 1.89. The van der Waals surface area contributed by atoms with Gasteiger partial charge in [-0.3, -0.25) is 9.59 Å². The van der Waals surface area contributed by atoms with Crippen LogP contribution in [0.5, 0.6) is 0 Å². The fourth-order valence-electron chi connectivity index (χ4n) is 3.16. The lowest BCUT2D eigenvalue weighted by Gasteiger charge is -2.27. The zero-order valence-corrected chi connectivity index (χ0v) is 17.8. The minimum atomic E-state index is -0.214. The molecule has 0 radical (unpaired) electrons. The third-order valence-electron chi connectivity index (χ3n) is 4.81. The van der Waals surface area contributed by atoms with Crippen LogP contribution in [0.4, 0.5) is 5.69 Å². The lowest BCUT2D eigenvalue weighted by atomic mass is 10.1. The maximum absolute atomic E-state index is 12.8. The van der Waals surface area contributed by atoms with Crippen molar-refractivity contribution in [3.8, 4) is 0 Å². The Labute approximate surface area is 184 Å². The number of carbonyl (C=O) groups excluding carboxylic acids is 2. The van der Waals surface area contributed by atoms with Crippen LogP contribution >= 0.6 is 23.4 Å². The molecular formula is C24H19ClN2O2S. The zero-order chi connectivity index (χ0) is 21.1. The Balaban J connectivity index is 1.54. The molecule has 3 aromatic carbocycles. The van der Waals surface area contributed by atoms with Gasteiger partial charge in [0, 0.05) is 29.1 Å². The first kappa shape index (κ1) is 20.3. The zero-order valence-electron chi connectivity index (χ0n) is 16.3. The van der Waals surface area contributed by atoms with Gasteiger partial charge in [-0.05, 0) is 41.5 Å². The van der Waals surface area contributed by atoms with Crippen molar-refractivity contribution in [2.24, 2.45) is 0 Å². The highest BCUT2D eigenvalue weighted by molar-refractivity contribution is 8.04. The molecule has 6 heteroatoms. The van der Waals surface area contributed by atoms with Crippen LogP contribution in [0.2, 0.25) is 5.02 Å². The Morgan fingerprint density at radius 1 is 1.07 bits per heavy atom. The predicted octanol–water partition coefficient (Wildman–Crippen LogP) is 5.38. The Bertz CT molecular complexity index is 1140.